The summed E-state index contributed by atoms with van der Waals surface area (Å²) < 4.78 is 11.0. The molecule has 1 aliphatic heterocycles. The Morgan fingerprint density at radius 2 is 2.23 bits per heavy atom. The van der Waals surface area contributed by atoms with E-state index >= 15 is 0 Å². The lowest BCUT2D eigenvalue weighted by Crippen LogP contribution is -2.44. The van der Waals surface area contributed by atoms with Crippen LogP contribution in [0.5, 0.6) is 5.88 Å². The summed E-state index contributed by atoms with van der Waals surface area (Å²) in [5, 5.41) is 13.0. The summed E-state index contributed by atoms with van der Waals surface area (Å²) in [5.41, 5.74) is 2.00. The Kier molecular flexibility index (Phi) is 5.46. The summed E-state index contributed by atoms with van der Waals surface area (Å²) in [7, 11) is 0. The summed E-state index contributed by atoms with van der Waals surface area (Å²) >= 11 is 0. The number of nitrogens with zero attached hydrogens (tertiary/aromatic N) is 5. The SMILES string of the molecule is Cc1noc(C)c1CCC(=O)N1CCC[C@@H](Oc2nccnc2C#N)C1. The first-order chi connectivity index (χ1) is 12.6. The molecule has 2 aromatic heterocycles. The summed E-state index contributed by atoms with van der Waals surface area (Å²) in [6.45, 7) is 4.95. The van der Waals surface area contributed by atoms with E-state index in [1.54, 1.807) is 0 Å². The Morgan fingerprint density at radius 1 is 1.42 bits per heavy atom. The highest BCUT2D eigenvalue weighted by atomic mass is 16.5. The van der Waals surface area contributed by atoms with E-state index in [0.29, 0.717) is 25.9 Å². The van der Waals surface area contributed by atoms with E-state index < -0.39 is 0 Å². The van der Waals surface area contributed by atoms with Gasteiger partial charge in [-0.25, -0.2) is 9.97 Å². The molecule has 0 aliphatic carbocycles. The van der Waals surface area contributed by atoms with Crippen molar-refractivity contribution in [1.82, 2.24) is 20.0 Å². The van der Waals surface area contributed by atoms with E-state index in [4.69, 9.17) is 14.5 Å². The van der Waals surface area contributed by atoms with Crippen molar-refractivity contribution in [3.05, 3.63) is 35.1 Å². The number of hydrogen-bond donors (Lipinski definition) is 0. The van der Waals surface area contributed by atoms with E-state index in [1.807, 2.05) is 24.8 Å². The molecule has 0 saturated carbocycles. The number of rotatable bonds is 5. The monoisotopic (exact) mass is 355 g/mol. The van der Waals surface area contributed by atoms with Gasteiger partial charge in [-0.1, -0.05) is 5.16 Å². The number of aromatic nitrogens is 3. The van der Waals surface area contributed by atoms with Gasteiger partial charge < -0.3 is 14.2 Å². The van der Waals surface area contributed by atoms with Crippen LogP contribution in [0.2, 0.25) is 0 Å². The Bertz CT molecular complexity index is 807. The standard InChI is InChI=1S/C18H21N5O3/c1-12-15(13(2)26-22-12)5-6-17(24)23-9-3-4-14(11-23)25-18-16(10-19)20-7-8-21-18/h7-8,14H,3-6,9,11H2,1-2H3/t14-/m1/s1. The van der Waals surface area contributed by atoms with Crippen molar-refractivity contribution < 1.29 is 14.1 Å². The lowest BCUT2D eigenvalue weighted by molar-refractivity contribution is -0.133. The van der Waals surface area contributed by atoms with Crippen LogP contribution in [0.1, 0.15) is 42.0 Å². The third-order valence-electron chi connectivity index (χ3n) is 4.55. The normalized spacial score (nSPS) is 17.0. The first-order valence-corrected chi connectivity index (χ1v) is 8.65. The molecule has 0 aromatic carbocycles. The molecule has 1 fully saturated rings. The molecule has 1 atom stereocenters. The maximum Gasteiger partial charge on any atom is 0.251 e. The minimum atomic E-state index is -0.185. The molecule has 8 nitrogen and oxygen atoms in total. The molecule has 3 heterocycles. The van der Waals surface area contributed by atoms with Gasteiger partial charge in [-0.05, 0) is 33.1 Å². The van der Waals surface area contributed by atoms with Crippen LogP contribution in [0.15, 0.2) is 16.9 Å². The fourth-order valence-electron chi connectivity index (χ4n) is 3.16. The summed E-state index contributed by atoms with van der Waals surface area (Å²) in [6.07, 6.45) is 5.45. The molecule has 0 bridgehead atoms. The second kappa shape index (κ2) is 7.95. The van der Waals surface area contributed by atoms with E-state index in [2.05, 4.69) is 15.1 Å². The molecule has 2 aromatic rings. The number of piperidine rings is 1. The second-order valence-electron chi connectivity index (χ2n) is 6.35. The molecule has 136 valence electrons. The zero-order valence-corrected chi connectivity index (χ0v) is 14.9. The van der Waals surface area contributed by atoms with Crippen LogP contribution < -0.4 is 4.74 Å². The van der Waals surface area contributed by atoms with Crippen molar-refractivity contribution in [3.63, 3.8) is 0 Å². The maximum absolute atomic E-state index is 12.6. The average molecular weight is 355 g/mol. The largest absolute Gasteiger partial charge is 0.470 e. The second-order valence-corrected chi connectivity index (χ2v) is 6.35. The van der Waals surface area contributed by atoms with Gasteiger partial charge in [0, 0.05) is 30.9 Å². The van der Waals surface area contributed by atoms with Gasteiger partial charge in [0.05, 0.1) is 12.2 Å². The van der Waals surface area contributed by atoms with Crippen molar-refractivity contribution in [2.75, 3.05) is 13.1 Å². The van der Waals surface area contributed by atoms with Gasteiger partial charge in [-0.15, -0.1) is 0 Å². The molecular weight excluding hydrogens is 334 g/mol. The number of amides is 1. The highest BCUT2D eigenvalue weighted by Crippen LogP contribution is 2.20. The molecule has 0 unspecified atom stereocenters. The minimum Gasteiger partial charge on any atom is -0.470 e. The van der Waals surface area contributed by atoms with E-state index in [-0.39, 0.29) is 23.6 Å². The number of likely N-dealkylation sites (tertiary alicyclic amines) is 1. The Labute approximate surface area is 151 Å². The van der Waals surface area contributed by atoms with E-state index in [0.717, 1.165) is 29.9 Å². The quantitative estimate of drug-likeness (QED) is 0.807. The molecular formula is C18H21N5O3. The molecule has 1 amide bonds. The molecule has 0 radical (unpaired) electrons. The minimum absolute atomic E-state index is 0.0814. The van der Waals surface area contributed by atoms with Crippen LogP contribution >= 0.6 is 0 Å². The fraction of sp³-hybridized carbons (Fsp3) is 0.500. The van der Waals surface area contributed by atoms with Crippen molar-refractivity contribution in [3.8, 4) is 11.9 Å². The molecule has 8 heteroatoms. The first kappa shape index (κ1) is 17.9. The lowest BCUT2D eigenvalue weighted by atomic mass is 10.1. The number of nitriles is 1. The van der Waals surface area contributed by atoms with Crippen LogP contribution in [0.25, 0.3) is 0 Å². The van der Waals surface area contributed by atoms with Crippen LogP contribution in [0.4, 0.5) is 0 Å². The predicted octanol–water partition coefficient (Wildman–Crippen LogP) is 1.96. The first-order valence-electron chi connectivity index (χ1n) is 8.65. The summed E-state index contributed by atoms with van der Waals surface area (Å²) in [4.78, 5) is 22.4. The van der Waals surface area contributed by atoms with Crippen LogP contribution in [0, 0.1) is 25.2 Å². The van der Waals surface area contributed by atoms with E-state index in [9.17, 15) is 4.79 Å². The Morgan fingerprint density at radius 3 is 2.96 bits per heavy atom. The fourth-order valence-corrected chi connectivity index (χ4v) is 3.16. The van der Waals surface area contributed by atoms with Crippen molar-refractivity contribution in [2.45, 2.75) is 45.6 Å². The number of ether oxygens (including phenoxy) is 1. The van der Waals surface area contributed by atoms with Gasteiger partial charge in [0.2, 0.25) is 11.6 Å². The van der Waals surface area contributed by atoms with Gasteiger partial charge in [0.25, 0.3) is 5.88 Å². The lowest BCUT2D eigenvalue weighted by Gasteiger charge is -2.32. The average Bonchev–Trinajstić information content (AvgIpc) is 2.98. The number of aryl methyl sites for hydroxylation is 2. The molecule has 1 aliphatic rings. The summed E-state index contributed by atoms with van der Waals surface area (Å²) in [5.74, 6) is 1.07. The zero-order chi connectivity index (χ0) is 18.5. The van der Waals surface area contributed by atoms with Gasteiger partial charge >= 0.3 is 0 Å². The number of carbonyl (C=O) groups excluding carboxylic acids is 1. The molecule has 0 spiro atoms. The van der Waals surface area contributed by atoms with Crippen LogP contribution in [0.3, 0.4) is 0 Å². The Balaban J connectivity index is 1.58. The number of hydrogen-bond acceptors (Lipinski definition) is 7. The molecule has 26 heavy (non-hydrogen) atoms. The maximum atomic E-state index is 12.6. The highest BCUT2D eigenvalue weighted by molar-refractivity contribution is 5.76. The van der Waals surface area contributed by atoms with Gasteiger partial charge in [0.15, 0.2) is 0 Å². The van der Waals surface area contributed by atoms with Gasteiger partial charge in [0.1, 0.15) is 17.9 Å². The third kappa shape index (κ3) is 3.99. The molecule has 1 saturated heterocycles. The third-order valence-corrected chi connectivity index (χ3v) is 4.55. The van der Waals surface area contributed by atoms with Crippen molar-refractivity contribution >= 4 is 5.91 Å². The zero-order valence-electron chi connectivity index (χ0n) is 14.9. The molecule has 0 N–H and O–H groups in total. The summed E-state index contributed by atoms with van der Waals surface area (Å²) in [6, 6.07) is 1.97. The van der Waals surface area contributed by atoms with Crippen LogP contribution in [-0.4, -0.2) is 45.1 Å². The van der Waals surface area contributed by atoms with Gasteiger partial charge in [-0.2, -0.15) is 5.26 Å². The highest BCUT2D eigenvalue weighted by Gasteiger charge is 2.26. The van der Waals surface area contributed by atoms with Crippen molar-refractivity contribution in [1.29, 1.82) is 5.26 Å². The van der Waals surface area contributed by atoms with E-state index in [1.165, 1.54) is 12.4 Å². The molecule has 3 rings (SSSR count). The van der Waals surface area contributed by atoms with Crippen molar-refractivity contribution in [2.24, 2.45) is 0 Å². The smallest absolute Gasteiger partial charge is 0.251 e. The van der Waals surface area contributed by atoms with Gasteiger partial charge in [-0.3, -0.25) is 4.79 Å². The topological polar surface area (TPSA) is 105 Å². The Hall–Kier alpha value is -2.95. The predicted molar refractivity (Wildman–Crippen MR) is 91.3 cm³/mol. The van der Waals surface area contributed by atoms with Crippen LogP contribution in [-0.2, 0) is 11.2 Å². The number of carbonyl (C=O) groups is 1.